The van der Waals surface area contributed by atoms with Crippen LogP contribution in [0.3, 0.4) is 0 Å². The summed E-state index contributed by atoms with van der Waals surface area (Å²) in [6.07, 6.45) is -4.93. The van der Waals surface area contributed by atoms with E-state index in [9.17, 15) is 13.2 Å². The summed E-state index contributed by atoms with van der Waals surface area (Å²) >= 11 is 0. The Bertz CT molecular complexity index is 151. The van der Waals surface area contributed by atoms with Crippen molar-refractivity contribution in [3.05, 3.63) is 0 Å². The highest BCUT2D eigenvalue weighted by molar-refractivity contribution is 4.17. The molecule has 0 atom stereocenters. The maximum atomic E-state index is 11.6. The second kappa shape index (κ2) is 6.11. The predicted molar refractivity (Wildman–Crippen MR) is 34.9 cm³/mol. The minimum Gasteiger partial charge on any atom is -0.332 e. The van der Waals surface area contributed by atoms with Gasteiger partial charge in [0.1, 0.15) is 0 Å². The molecule has 0 aliphatic rings. The number of halogens is 3. The molecule has 0 aromatic carbocycles. The molecule has 0 spiro atoms. The molecule has 9 heteroatoms. The molecule has 0 unspecified atom stereocenters. The second-order valence-corrected chi connectivity index (χ2v) is 1.81. The van der Waals surface area contributed by atoms with Gasteiger partial charge in [-0.1, -0.05) is 0 Å². The summed E-state index contributed by atoms with van der Waals surface area (Å²) < 4.78 is 43.8. The highest BCUT2D eigenvalue weighted by atomic mass is 19.4. The Balaban J connectivity index is 4.01. The van der Waals surface area contributed by atoms with Crippen LogP contribution in [0.1, 0.15) is 0 Å². The van der Waals surface area contributed by atoms with Gasteiger partial charge in [-0.15, -0.1) is 18.0 Å². The third-order valence-electron chi connectivity index (χ3n) is 0.884. The van der Waals surface area contributed by atoms with Gasteiger partial charge >= 0.3 is 6.36 Å². The van der Waals surface area contributed by atoms with E-state index in [4.69, 9.17) is 0 Å². The Morgan fingerprint density at radius 1 is 1.07 bits per heavy atom. The molecule has 0 amide bonds. The predicted octanol–water partition coefficient (Wildman–Crippen LogP) is 0.809. The van der Waals surface area contributed by atoms with Gasteiger partial charge in [0.15, 0.2) is 0 Å². The zero-order chi connectivity index (χ0) is 11.2. The fourth-order valence-corrected chi connectivity index (χ4v) is 0.439. The van der Waals surface area contributed by atoms with Gasteiger partial charge in [-0.05, 0) is 0 Å². The largest absolute Gasteiger partial charge is 0.542 e. The number of hydrogen-bond donors (Lipinski definition) is 0. The van der Waals surface area contributed by atoms with Gasteiger partial charge in [0.2, 0.25) is 0 Å². The number of methoxy groups -OCH3 is 2. The van der Waals surface area contributed by atoms with Crippen LogP contribution in [-0.2, 0) is 24.0 Å². The molecule has 0 radical (unpaired) electrons. The maximum Gasteiger partial charge on any atom is 0.542 e. The summed E-state index contributed by atoms with van der Waals surface area (Å²) in [5, 5.41) is -0.280. The Hall–Kier alpha value is -0.450. The molecule has 6 nitrogen and oxygen atoms in total. The number of ether oxygens (including phenoxy) is 2. The first-order valence-electron chi connectivity index (χ1n) is 3.25. The summed E-state index contributed by atoms with van der Waals surface area (Å²) in [5.74, 6) is 0. The Kier molecular flexibility index (Phi) is 5.92. The van der Waals surface area contributed by atoms with Crippen LogP contribution in [-0.4, -0.2) is 39.6 Å². The SMILES string of the molecule is COC(OC)ON(OC)OC(F)(F)F. The minimum absolute atomic E-state index is 0.280. The summed E-state index contributed by atoms with van der Waals surface area (Å²) in [4.78, 5) is 11.6. The number of nitrogens with zero attached hydrogens (tertiary/aromatic N) is 1. The van der Waals surface area contributed by atoms with E-state index in [1.54, 1.807) is 0 Å². The van der Waals surface area contributed by atoms with E-state index in [1.165, 1.54) is 0 Å². The van der Waals surface area contributed by atoms with Crippen LogP contribution in [0.4, 0.5) is 13.2 Å². The molecule has 0 aromatic heterocycles. The van der Waals surface area contributed by atoms with E-state index < -0.39 is 12.8 Å². The van der Waals surface area contributed by atoms with Gasteiger partial charge in [-0.2, -0.15) is 4.84 Å². The lowest BCUT2D eigenvalue weighted by Gasteiger charge is -2.21. The molecule has 86 valence electrons. The average Bonchev–Trinajstić information content (AvgIpc) is 2.10. The average molecular weight is 221 g/mol. The number of hydrogen-bond acceptors (Lipinski definition) is 6. The van der Waals surface area contributed by atoms with Crippen LogP contribution >= 0.6 is 0 Å². The van der Waals surface area contributed by atoms with E-state index in [-0.39, 0.29) is 5.39 Å². The van der Waals surface area contributed by atoms with Crippen molar-refractivity contribution in [3.8, 4) is 0 Å². The minimum atomic E-state index is -4.93. The molecule has 0 rings (SSSR count). The monoisotopic (exact) mass is 221 g/mol. The van der Waals surface area contributed by atoms with Crippen molar-refractivity contribution in [1.82, 2.24) is 5.39 Å². The van der Waals surface area contributed by atoms with Crippen molar-refractivity contribution in [2.45, 2.75) is 12.8 Å². The van der Waals surface area contributed by atoms with Gasteiger partial charge in [0.05, 0.1) is 12.5 Å². The van der Waals surface area contributed by atoms with Crippen LogP contribution in [0.25, 0.3) is 0 Å². The zero-order valence-electron chi connectivity index (χ0n) is 7.70. The van der Waals surface area contributed by atoms with Crippen LogP contribution in [0.2, 0.25) is 0 Å². The van der Waals surface area contributed by atoms with Gasteiger partial charge in [-0.25, -0.2) is 0 Å². The van der Waals surface area contributed by atoms with Gasteiger partial charge < -0.3 is 9.47 Å². The van der Waals surface area contributed by atoms with Crippen LogP contribution < -0.4 is 0 Å². The van der Waals surface area contributed by atoms with E-state index in [0.717, 1.165) is 21.3 Å². The summed E-state index contributed by atoms with van der Waals surface area (Å²) in [6, 6.07) is 0. The van der Waals surface area contributed by atoms with Crippen molar-refractivity contribution in [2.24, 2.45) is 0 Å². The molecule has 0 fully saturated rings. The second-order valence-electron chi connectivity index (χ2n) is 1.81. The van der Waals surface area contributed by atoms with Gasteiger partial charge in [-0.3, -0.25) is 4.84 Å². The fourth-order valence-electron chi connectivity index (χ4n) is 0.439. The quantitative estimate of drug-likeness (QED) is 0.488. The van der Waals surface area contributed by atoms with Crippen molar-refractivity contribution < 1.29 is 37.2 Å². The Morgan fingerprint density at radius 3 is 1.86 bits per heavy atom. The lowest BCUT2D eigenvalue weighted by molar-refractivity contribution is -0.622. The van der Waals surface area contributed by atoms with Crippen molar-refractivity contribution >= 4 is 0 Å². The molecule has 14 heavy (non-hydrogen) atoms. The van der Waals surface area contributed by atoms with Crippen molar-refractivity contribution in [2.75, 3.05) is 21.3 Å². The number of rotatable bonds is 6. The maximum absolute atomic E-state index is 11.6. The van der Waals surface area contributed by atoms with Gasteiger partial charge in [0, 0.05) is 14.2 Å². The molecule has 0 heterocycles. The van der Waals surface area contributed by atoms with Gasteiger partial charge in [0.25, 0.3) is 6.48 Å². The highest BCUT2D eigenvalue weighted by Gasteiger charge is 2.35. The highest BCUT2D eigenvalue weighted by Crippen LogP contribution is 2.19. The lowest BCUT2D eigenvalue weighted by Crippen LogP contribution is -2.35. The number of alkyl halides is 3. The van der Waals surface area contributed by atoms with E-state index in [1.807, 2.05) is 0 Å². The van der Waals surface area contributed by atoms with Crippen LogP contribution in [0.5, 0.6) is 0 Å². The Labute approximate surface area is 77.9 Å². The summed E-state index contributed by atoms with van der Waals surface area (Å²) in [5.41, 5.74) is 0. The molecule has 0 saturated carbocycles. The first-order valence-corrected chi connectivity index (χ1v) is 3.25. The summed E-state index contributed by atoms with van der Waals surface area (Å²) in [7, 11) is 3.24. The molecule has 0 aliphatic heterocycles. The third-order valence-corrected chi connectivity index (χ3v) is 0.884. The van der Waals surface area contributed by atoms with E-state index >= 15 is 0 Å². The first kappa shape index (κ1) is 13.5. The molecule has 0 aromatic rings. The van der Waals surface area contributed by atoms with Crippen LogP contribution in [0.15, 0.2) is 0 Å². The first-order chi connectivity index (χ1) is 6.42. The lowest BCUT2D eigenvalue weighted by atomic mass is 11.2. The molecule has 0 bridgehead atoms. The van der Waals surface area contributed by atoms with Crippen LogP contribution in [0, 0.1) is 0 Å². The molecule has 0 saturated heterocycles. The standard InChI is InChI=1S/C5H10F3NO5/c1-10-4(11-2)13-9(12-3)14-5(6,7)8/h4H,1-3H3. The fraction of sp³-hybridized carbons (Fsp3) is 1.00. The smallest absolute Gasteiger partial charge is 0.332 e. The van der Waals surface area contributed by atoms with Crippen molar-refractivity contribution in [1.29, 1.82) is 0 Å². The zero-order valence-corrected chi connectivity index (χ0v) is 7.70. The van der Waals surface area contributed by atoms with E-state index in [0.29, 0.717) is 0 Å². The topological polar surface area (TPSA) is 49.4 Å². The Morgan fingerprint density at radius 2 is 1.57 bits per heavy atom. The normalized spacial score (nSPS) is 12.9. The molecular weight excluding hydrogens is 211 g/mol. The molecule has 0 N–H and O–H groups in total. The molecule has 0 aliphatic carbocycles. The van der Waals surface area contributed by atoms with Crippen molar-refractivity contribution in [3.63, 3.8) is 0 Å². The van der Waals surface area contributed by atoms with E-state index in [2.05, 4.69) is 24.0 Å². The summed E-state index contributed by atoms with van der Waals surface area (Å²) in [6.45, 7) is -1.36. The molecular formula is C5H10F3NO5. The third kappa shape index (κ3) is 6.07.